The summed E-state index contributed by atoms with van der Waals surface area (Å²) in [4.78, 5) is 3.21. The van der Waals surface area contributed by atoms with Gasteiger partial charge >= 0.3 is 0 Å². The lowest BCUT2D eigenvalue weighted by molar-refractivity contribution is 0.782. The standard InChI is InChI=1S/C12H11BrN4/c1-17-12(14)5-10(16-17)7-2-3-8-9(13)6-15-11(8)4-7/h2-6,15H,14H2,1H3. The normalized spacial score (nSPS) is 11.2. The summed E-state index contributed by atoms with van der Waals surface area (Å²) in [6, 6.07) is 8.06. The zero-order valence-electron chi connectivity index (χ0n) is 9.24. The van der Waals surface area contributed by atoms with Gasteiger partial charge < -0.3 is 10.7 Å². The van der Waals surface area contributed by atoms with Crippen LogP contribution >= 0.6 is 15.9 Å². The number of nitrogens with two attached hydrogens (primary N) is 1. The van der Waals surface area contributed by atoms with Crippen LogP contribution in [0.25, 0.3) is 22.2 Å². The summed E-state index contributed by atoms with van der Waals surface area (Å²) in [5, 5.41) is 5.52. The molecule has 0 unspecified atom stereocenters. The van der Waals surface area contributed by atoms with Gasteiger partial charge in [0.1, 0.15) is 5.82 Å². The van der Waals surface area contributed by atoms with Crippen molar-refractivity contribution in [1.82, 2.24) is 14.8 Å². The highest BCUT2D eigenvalue weighted by Crippen LogP contribution is 2.28. The Morgan fingerprint density at radius 3 is 2.88 bits per heavy atom. The number of hydrogen-bond donors (Lipinski definition) is 2. The van der Waals surface area contributed by atoms with Crippen molar-refractivity contribution in [2.24, 2.45) is 7.05 Å². The summed E-state index contributed by atoms with van der Waals surface area (Å²) in [5.74, 6) is 0.660. The molecule has 86 valence electrons. The number of nitrogens with one attached hydrogen (secondary N) is 1. The molecule has 0 bridgehead atoms. The number of hydrogen-bond acceptors (Lipinski definition) is 2. The summed E-state index contributed by atoms with van der Waals surface area (Å²) in [6.07, 6.45) is 1.93. The van der Waals surface area contributed by atoms with Gasteiger partial charge in [-0.2, -0.15) is 5.10 Å². The number of aromatic amines is 1. The van der Waals surface area contributed by atoms with Crippen molar-refractivity contribution in [1.29, 1.82) is 0 Å². The highest BCUT2D eigenvalue weighted by molar-refractivity contribution is 9.10. The molecule has 3 rings (SSSR count). The van der Waals surface area contributed by atoms with E-state index in [1.165, 1.54) is 0 Å². The van der Waals surface area contributed by atoms with E-state index in [9.17, 15) is 0 Å². The molecule has 5 heteroatoms. The van der Waals surface area contributed by atoms with Crippen molar-refractivity contribution in [3.8, 4) is 11.3 Å². The maximum Gasteiger partial charge on any atom is 0.121 e. The van der Waals surface area contributed by atoms with Gasteiger partial charge in [0.2, 0.25) is 0 Å². The highest BCUT2D eigenvalue weighted by atomic mass is 79.9. The number of rotatable bonds is 1. The minimum absolute atomic E-state index is 0.660. The number of aromatic nitrogens is 3. The second-order valence-electron chi connectivity index (χ2n) is 3.98. The van der Waals surface area contributed by atoms with Gasteiger partial charge in [-0.15, -0.1) is 0 Å². The van der Waals surface area contributed by atoms with E-state index >= 15 is 0 Å². The number of nitrogens with zero attached hydrogens (tertiary/aromatic N) is 2. The molecule has 4 nitrogen and oxygen atoms in total. The van der Waals surface area contributed by atoms with E-state index in [1.54, 1.807) is 4.68 Å². The molecule has 0 aliphatic carbocycles. The van der Waals surface area contributed by atoms with Crippen molar-refractivity contribution in [2.45, 2.75) is 0 Å². The van der Waals surface area contributed by atoms with Crippen LogP contribution in [0.1, 0.15) is 0 Å². The number of anilines is 1. The van der Waals surface area contributed by atoms with Crippen LogP contribution in [0.15, 0.2) is 34.9 Å². The Morgan fingerprint density at radius 2 is 2.18 bits per heavy atom. The molecular weight excluding hydrogens is 280 g/mol. The maximum absolute atomic E-state index is 5.78. The highest BCUT2D eigenvalue weighted by Gasteiger charge is 2.07. The Bertz CT molecular complexity index is 676. The molecule has 0 atom stereocenters. The van der Waals surface area contributed by atoms with Gasteiger partial charge in [-0.1, -0.05) is 12.1 Å². The number of halogens is 1. The third-order valence-electron chi connectivity index (χ3n) is 2.84. The first-order valence-corrected chi connectivity index (χ1v) is 6.01. The first kappa shape index (κ1) is 10.4. The Labute approximate surface area is 107 Å². The Balaban J connectivity index is 2.17. The van der Waals surface area contributed by atoms with Crippen molar-refractivity contribution in [3.63, 3.8) is 0 Å². The third kappa shape index (κ3) is 1.63. The molecule has 0 aliphatic heterocycles. The van der Waals surface area contributed by atoms with E-state index in [1.807, 2.05) is 25.4 Å². The summed E-state index contributed by atoms with van der Waals surface area (Å²) < 4.78 is 2.74. The molecule has 0 amide bonds. The smallest absolute Gasteiger partial charge is 0.121 e. The van der Waals surface area contributed by atoms with Gasteiger partial charge in [0, 0.05) is 40.2 Å². The van der Waals surface area contributed by atoms with Crippen molar-refractivity contribution in [2.75, 3.05) is 5.73 Å². The topological polar surface area (TPSA) is 59.6 Å². The number of benzene rings is 1. The molecule has 0 saturated heterocycles. The van der Waals surface area contributed by atoms with E-state index < -0.39 is 0 Å². The fourth-order valence-corrected chi connectivity index (χ4v) is 2.33. The molecule has 0 spiro atoms. The quantitative estimate of drug-likeness (QED) is 0.724. The lowest BCUT2D eigenvalue weighted by atomic mass is 10.1. The van der Waals surface area contributed by atoms with Crippen LogP contribution in [0.3, 0.4) is 0 Å². The lowest BCUT2D eigenvalue weighted by Gasteiger charge is -1.97. The predicted molar refractivity (Wildman–Crippen MR) is 72.6 cm³/mol. The van der Waals surface area contributed by atoms with Crippen molar-refractivity contribution in [3.05, 3.63) is 34.9 Å². The Morgan fingerprint density at radius 1 is 1.35 bits per heavy atom. The van der Waals surface area contributed by atoms with Crippen LogP contribution in [0.5, 0.6) is 0 Å². The van der Waals surface area contributed by atoms with Crippen molar-refractivity contribution >= 4 is 32.7 Å². The van der Waals surface area contributed by atoms with Gasteiger partial charge in [-0.3, -0.25) is 4.68 Å². The van der Waals surface area contributed by atoms with Crippen LogP contribution in [0, 0.1) is 0 Å². The average Bonchev–Trinajstić information content (AvgIpc) is 2.84. The Kier molecular flexibility index (Phi) is 2.22. The third-order valence-corrected chi connectivity index (χ3v) is 3.50. The molecule has 17 heavy (non-hydrogen) atoms. The van der Waals surface area contributed by atoms with Gasteiger partial charge in [0.15, 0.2) is 0 Å². The second-order valence-corrected chi connectivity index (χ2v) is 4.83. The monoisotopic (exact) mass is 290 g/mol. The first-order chi connectivity index (χ1) is 8.15. The average molecular weight is 291 g/mol. The van der Waals surface area contributed by atoms with Gasteiger partial charge in [-0.25, -0.2) is 0 Å². The summed E-state index contributed by atoms with van der Waals surface area (Å²) in [5.41, 5.74) is 8.80. The van der Waals surface area contributed by atoms with E-state index in [-0.39, 0.29) is 0 Å². The molecule has 0 aliphatic rings. The predicted octanol–water partition coefficient (Wildman–Crippen LogP) is 2.91. The van der Waals surface area contributed by atoms with E-state index in [0.717, 1.165) is 26.6 Å². The molecule has 0 radical (unpaired) electrons. The van der Waals surface area contributed by atoms with Crippen LogP contribution in [-0.2, 0) is 7.05 Å². The molecular formula is C12H11BrN4. The summed E-state index contributed by atoms with van der Waals surface area (Å²) in [6.45, 7) is 0. The van der Waals surface area contributed by atoms with Crippen molar-refractivity contribution < 1.29 is 0 Å². The zero-order valence-corrected chi connectivity index (χ0v) is 10.8. The number of H-pyrrole nitrogens is 1. The second kappa shape index (κ2) is 3.63. The largest absolute Gasteiger partial charge is 0.384 e. The fourth-order valence-electron chi connectivity index (χ4n) is 1.87. The minimum Gasteiger partial charge on any atom is -0.384 e. The maximum atomic E-state index is 5.78. The SMILES string of the molecule is Cn1nc(-c2ccc3c(Br)c[nH]c3c2)cc1N. The Hall–Kier alpha value is -1.75. The van der Waals surface area contributed by atoms with Crippen LogP contribution < -0.4 is 5.73 Å². The lowest BCUT2D eigenvalue weighted by Crippen LogP contribution is -1.96. The molecule has 3 aromatic rings. The number of nitrogen functional groups attached to an aromatic ring is 1. The van der Waals surface area contributed by atoms with Crippen LogP contribution in [0.4, 0.5) is 5.82 Å². The summed E-state index contributed by atoms with van der Waals surface area (Å²) in [7, 11) is 1.84. The zero-order chi connectivity index (χ0) is 12.0. The van der Waals surface area contributed by atoms with Gasteiger partial charge in [0.05, 0.1) is 5.69 Å². The van der Waals surface area contributed by atoms with E-state index in [4.69, 9.17) is 5.73 Å². The van der Waals surface area contributed by atoms with E-state index in [2.05, 4.69) is 38.1 Å². The molecule has 2 heterocycles. The number of aryl methyl sites for hydroxylation is 1. The summed E-state index contributed by atoms with van der Waals surface area (Å²) >= 11 is 3.49. The molecule has 2 aromatic heterocycles. The van der Waals surface area contributed by atoms with Crippen LogP contribution in [0.2, 0.25) is 0 Å². The van der Waals surface area contributed by atoms with E-state index in [0.29, 0.717) is 5.82 Å². The molecule has 1 aromatic carbocycles. The molecule has 0 fully saturated rings. The van der Waals surface area contributed by atoms with Crippen LogP contribution in [-0.4, -0.2) is 14.8 Å². The van der Waals surface area contributed by atoms with Gasteiger partial charge in [-0.05, 0) is 22.0 Å². The molecule has 3 N–H and O–H groups in total. The number of fused-ring (bicyclic) bond motifs is 1. The fraction of sp³-hybridized carbons (Fsp3) is 0.0833. The molecule has 0 saturated carbocycles. The van der Waals surface area contributed by atoms with Gasteiger partial charge in [0.25, 0.3) is 0 Å². The first-order valence-electron chi connectivity index (χ1n) is 5.21. The minimum atomic E-state index is 0.660.